The third-order valence-electron chi connectivity index (χ3n) is 2.42. The van der Waals surface area contributed by atoms with Crippen molar-refractivity contribution in [2.75, 3.05) is 36.2 Å². The standard InChI is InChI=1S/C12H22N4OS/c1-4-6-10-15-11(13-2)9-12(16-10)14-7-5-8-18(3)17/h9H,4-8H2,1-3H3,(H2,13,14,15,16). The summed E-state index contributed by atoms with van der Waals surface area (Å²) in [6, 6.07) is 1.89. The molecule has 0 amide bonds. The number of nitrogens with zero attached hydrogens (tertiary/aromatic N) is 2. The summed E-state index contributed by atoms with van der Waals surface area (Å²) >= 11 is 0. The molecule has 6 heteroatoms. The van der Waals surface area contributed by atoms with Gasteiger partial charge in [0.25, 0.3) is 0 Å². The lowest BCUT2D eigenvalue weighted by Gasteiger charge is -2.09. The summed E-state index contributed by atoms with van der Waals surface area (Å²) in [6.45, 7) is 2.89. The van der Waals surface area contributed by atoms with Crippen LogP contribution in [0.1, 0.15) is 25.6 Å². The summed E-state index contributed by atoms with van der Waals surface area (Å²) in [7, 11) is 1.13. The van der Waals surface area contributed by atoms with Gasteiger partial charge >= 0.3 is 0 Å². The van der Waals surface area contributed by atoms with Crippen LogP contribution in [0.3, 0.4) is 0 Å². The van der Waals surface area contributed by atoms with Crippen LogP contribution in [-0.2, 0) is 17.2 Å². The Labute approximate surface area is 111 Å². The molecule has 0 radical (unpaired) electrons. The first-order chi connectivity index (χ1) is 8.65. The maximum absolute atomic E-state index is 10.9. The van der Waals surface area contributed by atoms with Crippen molar-refractivity contribution >= 4 is 22.4 Å². The molecule has 2 N–H and O–H groups in total. The molecule has 0 aliphatic rings. The molecule has 5 nitrogen and oxygen atoms in total. The van der Waals surface area contributed by atoms with Crippen molar-refractivity contribution in [1.82, 2.24) is 9.97 Å². The van der Waals surface area contributed by atoms with Crippen LogP contribution in [0.4, 0.5) is 11.6 Å². The average Bonchev–Trinajstić information content (AvgIpc) is 2.34. The molecule has 0 saturated carbocycles. The number of rotatable bonds is 8. The van der Waals surface area contributed by atoms with Gasteiger partial charge in [0, 0.05) is 48.9 Å². The molecular weight excluding hydrogens is 248 g/mol. The van der Waals surface area contributed by atoms with Crippen molar-refractivity contribution in [3.63, 3.8) is 0 Å². The van der Waals surface area contributed by atoms with E-state index in [0.29, 0.717) is 0 Å². The summed E-state index contributed by atoms with van der Waals surface area (Å²) in [5, 5.41) is 6.28. The normalized spacial score (nSPS) is 12.2. The van der Waals surface area contributed by atoms with E-state index in [0.717, 1.165) is 49.0 Å². The largest absolute Gasteiger partial charge is 0.373 e. The van der Waals surface area contributed by atoms with Gasteiger partial charge in [-0.2, -0.15) is 0 Å². The van der Waals surface area contributed by atoms with E-state index in [1.54, 1.807) is 6.26 Å². The molecule has 1 atom stereocenters. The van der Waals surface area contributed by atoms with Crippen molar-refractivity contribution in [3.8, 4) is 0 Å². The molecule has 0 aromatic carbocycles. The molecule has 0 spiro atoms. The fourth-order valence-electron chi connectivity index (χ4n) is 1.54. The molecule has 1 aromatic heterocycles. The third kappa shape index (κ3) is 5.44. The Balaban J connectivity index is 2.57. The highest BCUT2D eigenvalue weighted by Crippen LogP contribution is 2.11. The second-order valence-corrected chi connectivity index (χ2v) is 5.67. The first-order valence-electron chi connectivity index (χ1n) is 6.25. The van der Waals surface area contributed by atoms with Crippen LogP contribution in [0.15, 0.2) is 6.07 Å². The van der Waals surface area contributed by atoms with Gasteiger partial charge < -0.3 is 10.6 Å². The minimum atomic E-state index is -0.722. The molecule has 0 fully saturated rings. The van der Waals surface area contributed by atoms with Gasteiger partial charge in [-0.1, -0.05) is 6.92 Å². The number of anilines is 2. The fourth-order valence-corrected chi connectivity index (χ4v) is 2.09. The number of aromatic nitrogens is 2. The van der Waals surface area contributed by atoms with Gasteiger partial charge in [-0.3, -0.25) is 4.21 Å². The third-order valence-corrected chi connectivity index (χ3v) is 3.28. The summed E-state index contributed by atoms with van der Waals surface area (Å²) < 4.78 is 10.9. The Morgan fingerprint density at radius 1 is 1.33 bits per heavy atom. The lowest BCUT2D eigenvalue weighted by molar-refractivity contribution is 0.685. The van der Waals surface area contributed by atoms with Crippen LogP contribution in [0.2, 0.25) is 0 Å². The van der Waals surface area contributed by atoms with Gasteiger partial charge in [-0.25, -0.2) is 9.97 Å². The van der Waals surface area contributed by atoms with Crippen molar-refractivity contribution in [3.05, 3.63) is 11.9 Å². The number of aryl methyl sites for hydroxylation is 1. The second-order valence-electron chi connectivity index (χ2n) is 4.11. The minimum absolute atomic E-state index is 0.721. The van der Waals surface area contributed by atoms with Gasteiger partial charge in [0.1, 0.15) is 17.5 Å². The molecule has 1 heterocycles. The average molecular weight is 270 g/mol. The first-order valence-corrected chi connectivity index (χ1v) is 7.98. The van der Waals surface area contributed by atoms with Crippen LogP contribution in [0, 0.1) is 0 Å². The molecule has 0 aliphatic heterocycles. The van der Waals surface area contributed by atoms with Crippen LogP contribution < -0.4 is 10.6 Å². The Morgan fingerprint density at radius 2 is 2.06 bits per heavy atom. The lowest BCUT2D eigenvalue weighted by atomic mass is 10.3. The van der Waals surface area contributed by atoms with Crippen LogP contribution in [0.25, 0.3) is 0 Å². The predicted octanol–water partition coefficient (Wildman–Crippen LogP) is 1.65. The molecule has 1 unspecified atom stereocenters. The molecule has 1 aromatic rings. The monoisotopic (exact) mass is 270 g/mol. The van der Waals surface area contributed by atoms with Gasteiger partial charge in [0.15, 0.2) is 0 Å². The van der Waals surface area contributed by atoms with Gasteiger partial charge in [-0.15, -0.1) is 0 Å². The summed E-state index contributed by atoms with van der Waals surface area (Å²) in [5.74, 6) is 3.24. The highest BCUT2D eigenvalue weighted by Gasteiger charge is 2.03. The quantitative estimate of drug-likeness (QED) is 0.703. The van der Waals surface area contributed by atoms with E-state index < -0.39 is 10.8 Å². The van der Waals surface area contributed by atoms with E-state index in [9.17, 15) is 4.21 Å². The lowest BCUT2D eigenvalue weighted by Crippen LogP contribution is -2.09. The molecule has 0 bridgehead atoms. The van der Waals surface area contributed by atoms with Gasteiger partial charge in [0.2, 0.25) is 0 Å². The predicted molar refractivity (Wildman–Crippen MR) is 77.6 cm³/mol. The van der Waals surface area contributed by atoms with Crippen LogP contribution >= 0.6 is 0 Å². The van der Waals surface area contributed by atoms with Crippen LogP contribution in [0.5, 0.6) is 0 Å². The zero-order valence-corrected chi connectivity index (χ0v) is 12.1. The number of hydrogen-bond donors (Lipinski definition) is 2. The van der Waals surface area contributed by atoms with Crippen molar-refractivity contribution < 1.29 is 4.21 Å². The molecule has 1 rings (SSSR count). The molecule has 0 saturated heterocycles. The van der Waals surface area contributed by atoms with Gasteiger partial charge in [0.05, 0.1) is 0 Å². The number of hydrogen-bond acceptors (Lipinski definition) is 5. The van der Waals surface area contributed by atoms with E-state index in [-0.39, 0.29) is 0 Å². The van der Waals surface area contributed by atoms with Crippen molar-refractivity contribution in [1.29, 1.82) is 0 Å². The minimum Gasteiger partial charge on any atom is -0.373 e. The number of nitrogens with one attached hydrogen (secondary N) is 2. The summed E-state index contributed by atoms with van der Waals surface area (Å²) in [6.07, 6.45) is 4.51. The van der Waals surface area contributed by atoms with Crippen molar-refractivity contribution in [2.45, 2.75) is 26.2 Å². The zero-order chi connectivity index (χ0) is 13.4. The fraction of sp³-hybridized carbons (Fsp3) is 0.667. The highest BCUT2D eigenvalue weighted by atomic mass is 32.2. The molecule has 0 aliphatic carbocycles. The van der Waals surface area contributed by atoms with E-state index in [1.807, 2.05) is 13.1 Å². The highest BCUT2D eigenvalue weighted by molar-refractivity contribution is 7.84. The zero-order valence-electron chi connectivity index (χ0n) is 11.3. The Kier molecular flexibility index (Phi) is 6.64. The van der Waals surface area contributed by atoms with E-state index in [2.05, 4.69) is 27.5 Å². The Hall–Kier alpha value is -1.17. The molecule has 102 valence electrons. The summed E-state index contributed by atoms with van der Waals surface area (Å²) in [5.41, 5.74) is 0. The Morgan fingerprint density at radius 3 is 2.67 bits per heavy atom. The Bertz CT molecular complexity index is 398. The SMILES string of the molecule is CCCc1nc(NC)cc(NCCCS(C)=O)n1. The van der Waals surface area contributed by atoms with Crippen LogP contribution in [-0.4, -0.2) is 39.8 Å². The molecular formula is C12H22N4OS. The maximum atomic E-state index is 10.9. The molecule has 18 heavy (non-hydrogen) atoms. The van der Waals surface area contributed by atoms with Gasteiger partial charge in [-0.05, 0) is 12.8 Å². The van der Waals surface area contributed by atoms with E-state index in [4.69, 9.17) is 0 Å². The second kappa shape index (κ2) is 8.02. The smallest absolute Gasteiger partial charge is 0.133 e. The topological polar surface area (TPSA) is 66.9 Å². The first kappa shape index (κ1) is 14.9. The maximum Gasteiger partial charge on any atom is 0.133 e. The summed E-state index contributed by atoms with van der Waals surface area (Å²) in [4.78, 5) is 8.84. The van der Waals surface area contributed by atoms with E-state index >= 15 is 0 Å². The van der Waals surface area contributed by atoms with Crippen molar-refractivity contribution in [2.24, 2.45) is 0 Å². The van der Waals surface area contributed by atoms with E-state index in [1.165, 1.54) is 0 Å².